The summed E-state index contributed by atoms with van der Waals surface area (Å²) < 4.78 is 3.82. The summed E-state index contributed by atoms with van der Waals surface area (Å²) in [5, 5.41) is 17.7. The Morgan fingerprint density at radius 2 is 2.20 bits per heavy atom. The second-order valence-electron chi connectivity index (χ2n) is 4.88. The highest BCUT2D eigenvalue weighted by Gasteiger charge is 2.18. The summed E-state index contributed by atoms with van der Waals surface area (Å²) in [6.45, 7) is 4.92. The molecule has 0 spiro atoms. The lowest BCUT2D eigenvalue weighted by molar-refractivity contribution is -0.133. The number of nitrogens with zero attached hydrogens (tertiary/aromatic N) is 5. The summed E-state index contributed by atoms with van der Waals surface area (Å²) in [4.78, 5) is 14.8. The van der Waals surface area contributed by atoms with Crippen LogP contribution in [0.15, 0.2) is 17.7 Å². The van der Waals surface area contributed by atoms with E-state index < -0.39 is 5.97 Å². The normalized spacial score (nSPS) is 11.2. The van der Waals surface area contributed by atoms with Crippen molar-refractivity contribution in [3.05, 3.63) is 12.5 Å². The number of imidazole rings is 1. The molecule has 0 aliphatic heterocycles. The maximum atomic E-state index is 10.7. The van der Waals surface area contributed by atoms with Gasteiger partial charge < -0.3 is 14.2 Å². The Labute approximate surface area is 121 Å². The molecule has 2 rings (SSSR count). The monoisotopic (exact) mass is 295 g/mol. The van der Waals surface area contributed by atoms with Crippen molar-refractivity contribution < 1.29 is 9.90 Å². The van der Waals surface area contributed by atoms with Gasteiger partial charge >= 0.3 is 5.97 Å². The number of hydrogen-bond acceptors (Lipinski definition) is 5. The Kier molecular flexibility index (Phi) is 4.43. The number of aryl methyl sites for hydroxylation is 1. The zero-order valence-corrected chi connectivity index (χ0v) is 12.5. The van der Waals surface area contributed by atoms with Gasteiger partial charge in [0.15, 0.2) is 11.0 Å². The zero-order valence-electron chi connectivity index (χ0n) is 11.6. The SMILES string of the molecule is CC(C)Cn1c(SCC(=O)O)nnc1-c1cncn1C. The Balaban J connectivity index is 2.37. The van der Waals surface area contributed by atoms with Gasteiger partial charge in [0.05, 0.1) is 18.3 Å². The van der Waals surface area contributed by atoms with E-state index in [0.717, 1.165) is 12.2 Å². The summed E-state index contributed by atoms with van der Waals surface area (Å²) in [6.07, 6.45) is 3.43. The molecule has 0 saturated carbocycles. The Hall–Kier alpha value is -1.83. The smallest absolute Gasteiger partial charge is 0.313 e. The average Bonchev–Trinajstić information content (AvgIpc) is 2.92. The first-order valence-electron chi connectivity index (χ1n) is 6.23. The number of hydrogen-bond donors (Lipinski definition) is 1. The molecule has 0 radical (unpaired) electrons. The van der Waals surface area contributed by atoms with Crippen molar-refractivity contribution in [3.63, 3.8) is 0 Å². The average molecular weight is 295 g/mol. The van der Waals surface area contributed by atoms with Crippen molar-refractivity contribution >= 4 is 17.7 Å². The van der Waals surface area contributed by atoms with Crippen LogP contribution in [0.5, 0.6) is 0 Å². The molecular formula is C12H17N5O2S. The molecule has 0 aromatic carbocycles. The van der Waals surface area contributed by atoms with Crippen LogP contribution < -0.4 is 0 Å². The lowest BCUT2D eigenvalue weighted by atomic mass is 10.2. The summed E-state index contributed by atoms with van der Waals surface area (Å²) in [7, 11) is 1.89. The highest BCUT2D eigenvalue weighted by Crippen LogP contribution is 2.24. The number of aromatic nitrogens is 5. The third kappa shape index (κ3) is 3.19. The fourth-order valence-electron chi connectivity index (χ4n) is 1.81. The predicted octanol–water partition coefficient (Wildman–Crippen LogP) is 1.51. The molecule has 0 amide bonds. The van der Waals surface area contributed by atoms with Crippen LogP contribution in [0.1, 0.15) is 13.8 Å². The van der Waals surface area contributed by atoms with Gasteiger partial charge in [-0.15, -0.1) is 10.2 Å². The van der Waals surface area contributed by atoms with Crippen molar-refractivity contribution in [2.75, 3.05) is 5.75 Å². The van der Waals surface area contributed by atoms with Crippen molar-refractivity contribution in [2.45, 2.75) is 25.5 Å². The van der Waals surface area contributed by atoms with E-state index in [-0.39, 0.29) is 5.75 Å². The summed E-state index contributed by atoms with van der Waals surface area (Å²) in [5.41, 5.74) is 0.861. The second kappa shape index (κ2) is 6.08. The van der Waals surface area contributed by atoms with Crippen LogP contribution in [-0.2, 0) is 18.4 Å². The van der Waals surface area contributed by atoms with E-state index in [2.05, 4.69) is 29.0 Å². The molecule has 0 unspecified atom stereocenters. The van der Waals surface area contributed by atoms with Gasteiger partial charge in [0.2, 0.25) is 0 Å². The molecule has 0 saturated heterocycles. The summed E-state index contributed by atoms with van der Waals surface area (Å²) in [5.74, 6) is 0.228. The Morgan fingerprint density at radius 1 is 1.45 bits per heavy atom. The van der Waals surface area contributed by atoms with E-state index in [1.54, 1.807) is 12.5 Å². The highest BCUT2D eigenvalue weighted by molar-refractivity contribution is 7.99. The van der Waals surface area contributed by atoms with Gasteiger partial charge in [-0.1, -0.05) is 25.6 Å². The minimum atomic E-state index is -0.865. The van der Waals surface area contributed by atoms with Gasteiger partial charge in [0, 0.05) is 13.6 Å². The first-order chi connectivity index (χ1) is 9.49. The van der Waals surface area contributed by atoms with Crippen molar-refractivity contribution in [2.24, 2.45) is 13.0 Å². The second-order valence-corrected chi connectivity index (χ2v) is 5.83. The van der Waals surface area contributed by atoms with Gasteiger partial charge in [-0.25, -0.2) is 4.98 Å². The molecule has 7 nitrogen and oxygen atoms in total. The topological polar surface area (TPSA) is 85.8 Å². The third-order valence-electron chi connectivity index (χ3n) is 2.64. The van der Waals surface area contributed by atoms with E-state index in [0.29, 0.717) is 16.9 Å². The number of carboxylic acids is 1. The molecule has 8 heteroatoms. The molecular weight excluding hydrogens is 278 g/mol. The van der Waals surface area contributed by atoms with Crippen molar-refractivity contribution in [3.8, 4) is 11.5 Å². The molecule has 1 N–H and O–H groups in total. The molecule has 2 aromatic rings. The minimum absolute atomic E-state index is 0.0262. The molecule has 0 aliphatic carbocycles. The fourth-order valence-corrected chi connectivity index (χ4v) is 2.48. The van der Waals surface area contributed by atoms with Crippen LogP contribution in [0.2, 0.25) is 0 Å². The lowest BCUT2D eigenvalue weighted by Crippen LogP contribution is -2.10. The van der Waals surface area contributed by atoms with Crippen LogP contribution in [0, 0.1) is 5.92 Å². The molecule has 2 aromatic heterocycles. The van der Waals surface area contributed by atoms with Crippen molar-refractivity contribution in [1.29, 1.82) is 0 Å². The maximum Gasteiger partial charge on any atom is 0.313 e. The van der Waals surface area contributed by atoms with Gasteiger partial charge in [0.25, 0.3) is 0 Å². The molecule has 0 fully saturated rings. The number of thioether (sulfide) groups is 1. The van der Waals surface area contributed by atoms with Crippen LogP contribution >= 0.6 is 11.8 Å². The Bertz CT molecular complexity index is 605. The van der Waals surface area contributed by atoms with Gasteiger partial charge in [-0.2, -0.15) is 0 Å². The third-order valence-corrected chi connectivity index (χ3v) is 3.59. The largest absolute Gasteiger partial charge is 0.481 e. The summed E-state index contributed by atoms with van der Waals surface area (Å²) >= 11 is 1.18. The van der Waals surface area contributed by atoms with Gasteiger partial charge in [-0.3, -0.25) is 4.79 Å². The molecule has 2 heterocycles. The van der Waals surface area contributed by atoms with E-state index in [4.69, 9.17) is 5.11 Å². The van der Waals surface area contributed by atoms with E-state index >= 15 is 0 Å². The number of carboxylic acid groups (broad SMARTS) is 1. The highest BCUT2D eigenvalue weighted by atomic mass is 32.2. The molecule has 0 aliphatic rings. The van der Waals surface area contributed by atoms with Gasteiger partial charge in [-0.05, 0) is 5.92 Å². The predicted molar refractivity (Wildman–Crippen MR) is 75.4 cm³/mol. The van der Waals surface area contributed by atoms with Gasteiger partial charge in [0.1, 0.15) is 5.69 Å². The van der Waals surface area contributed by atoms with Crippen LogP contribution in [0.3, 0.4) is 0 Å². The molecule has 108 valence electrons. The number of rotatable bonds is 6. The van der Waals surface area contributed by atoms with E-state index in [9.17, 15) is 4.79 Å². The first kappa shape index (κ1) is 14.6. The number of aliphatic carboxylic acids is 1. The zero-order chi connectivity index (χ0) is 14.7. The lowest BCUT2D eigenvalue weighted by Gasteiger charge is -2.12. The molecule has 0 atom stereocenters. The van der Waals surface area contributed by atoms with Crippen LogP contribution in [0.25, 0.3) is 11.5 Å². The standard InChI is InChI=1S/C12H17N5O2S/c1-8(2)5-17-11(9-4-13-7-16(9)3)14-15-12(17)20-6-10(18)19/h4,7-8H,5-6H2,1-3H3,(H,18,19). The van der Waals surface area contributed by atoms with E-state index in [1.165, 1.54) is 11.8 Å². The first-order valence-corrected chi connectivity index (χ1v) is 7.22. The van der Waals surface area contributed by atoms with Crippen molar-refractivity contribution in [1.82, 2.24) is 24.3 Å². The minimum Gasteiger partial charge on any atom is -0.481 e. The summed E-state index contributed by atoms with van der Waals surface area (Å²) in [6, 6.07) is 0. The number of carbonyl (C=O) groups is 1. The van der Waals surface area contributed by atoms with E-state index in [1.807, 2.05) is 16.2 Å². The molecule has 0 bridgehead atoms. The fraction of sp³-hybridized carbons (Fsp3) is 0.500. The van der Waals surface area contributed by atoms with Crippen LogP contribution in [-0.4, -0.2) is 41.1 Å². The van der Waals surface area contributed by atoms with Crippen LogP contribution in [0.4, 0.5) is 0 Å². The quantitative estimate of drug-likeness (QED) is 0.813. The molecule has 20 heavy (non-hydrogen) atoms. The maximum absolute atomic E-state index is 10.7. The Morgan fingerprint density at radius 3 is 2.75 bits per heavy atom.